The van der Waals surface area contributed by atoms with E-state index < -0.39 is 5.82 Å². The van der Waals surface area contributed by atoms with Gasteiger partial charge in [0.15, 0.2) is 0 Å². The Morgan fingerprint density at radius 3 is 2.67 bits per heavy atom. The minimum atomic E-state index is -0.403. The Labute approximate surface area is 170 Å². The number of hydrogen-bond donors (Lipinski definition) is 3. The summed E-state index contributed by atoms with van der Waals surface area (Å²) in [7, 11) is 0. The van der Waals surface area contributed by atoms with Gasteiger partial charge in [0, 0.05) is 17.5 Å². The summed E-state index contributed by atoms with van der Waals surface area (Å²) in [6.45, 7) is 1.80. The van der Waals surface area contributed by atoms with Gasteiger partial charge in [0.2, 0.25) is 0 Å². The number of carbonyl (C=O) groups is 1. The minimum absolute atomic E-state index is 0.197. The van der Waals surface area contributed by atoms with Crippen molar-refractivity contribution in [2.45, 2.75) is 18.8 Å². The summed E-state index contributed by atoms with van der Waals surface area (Å²) in [5, 5.41) is 11.6. The summed E-state index contributed by atoms with van der Waals surface area (Å²) in [6.07, 6.45) is 1.87. The Morgan fingerprint density at radius 1 is 1.13 bits per heavy atom. The van der Waals surface area contributed by atoms with Crippen molar-refractivity contribution in [1.29, 1.82) is 0 Å². The van der Waals surface area contributed by atoms with E-state index in [1.165, 1.54) is 24.3 Å². The van der Waals surface area contributed by atoms with Gasteiger partial charge in [0.25, 0.3) is 11.5 Å². The maximum Gasteiger partial charge on any atom is 0.255 e. The van der Waals surface area contributed by atoms with E-state index in [-0.39, 0.29) is 17.4 Å². The van der Waals surface area contributed by atoms with Crippen LogP contribution in [0, 0.1) is 5.82 Å². The van der Waals surface area contributed by atoms with Crippen molar-refractivity contribution in [3.63, 3.8) is 0 Å². The van der Waals surface area contributed by atoms with E-state index in [4.69, 9.17) is 5.10 Å². The Bertz CT molecular complexity index is 1300. The summed E-state index contributed by atoms with van der Waals surface area (Å²) in [6, 6.07) is 12.4. The molecule has 2 aromatic heterocycles. The first-order chi connectivity index (χ1) is 14.6. The molecule has 5 rings (SSSR count). The molecule has 152 valence electrons. The molecule has 1 aliphatic rings. The first kappa shape index (κ1) is 18.5. The van der Waals surface area contributed by atoms with Gasteiger partial charge in [-0.2, -0.15) is 5.10 Å². The molecule has 0 spiro atoms. The van der Waals surface area contributed by atoms with Crippen LogP contribution in [0.3, 0.4) is 0 Å². The molecule has 0 bridgehead atoms. The van der Waals surface area contributed by atoms with Gasteiger partial charge in [-0.25, -0.2) is 8.91 Å². The molecule has 30 heavy (non-hydrogen) atoms. The number of fused-ring (bicyclic) bond motifs is 3. The van der Waals surface area contributed by atoms with Gasteiger partial charge in [0.1, 0.15) is 11.5 Å². The van der Waals surface area contributed by atoms with E-state index >= 15 is 0 Å². The van der Waals surface area contributed by atoms with Crippen LogP contribution >= 0.6 is 0 Å². The zero-order valence-electron chi connectivity index (χ0n) is 16.1. The predicted molar refractivity (Wildman–Crippen MR) is 113 cm³/mol. The molecule has 7 nitrogen and oxygen atoms in total. The van der Waals surface area contributed by atoms with E-state index in [9.17, 15) is 14.0 Å². The lowest BCUT2D eigenvalue weighted by Gasteiger charge is -2.23. The molecule has 3 N–H and O–H groups in total. The van der Waals surface area contributed by atoms with Crippen LogP contribution in [-0.2, 0) is 0 Å². The number of rotatable bonds is 3. The van der Waals surface area contributed by atoms with Crippen LogP contribution in [0.4, 0.5) is 10.1 Å². The normalized spacial score (nSPS) is 15.0. The van der Waals surface area contributed by atoms with Crippen LogP contribution in [0.15, 0.2) is 53.3 Å². The van der Waals surface area contributed by atoms with E-state index in [2.05, 4.69) is 15.6 Å². The van der Waals surface area contributed by atoms with E-state index in [1.54, 1.807) is 22.7 Å². The molecule has 1 amide bonds. The third kappa shape index (κ3) is 3.25. The van der Waals surface area contributed by atoms with Gasteiger partial charge in [0.05, 0.1) is 22.3 Å². The molecule has 8 heteroatoms. The second kappa shape index (κ2) is 7.38. The summed E-state index contributed by atoms with van der Waals surface area (Å²) < 4.78 is 15.0. The lowest BCUT2D eigenvalue weighted by molar-refractivity contribution is 0.102. The highest BCUT2D eigenvalue weighted by Gasteiger charge is 2.22. The largest absolute Gasteiger partial charge is 0.321 e. The topological polar surface area (TPSA) is 91.3 Å². The fraction of sp³-hybridized carbons (Fsp3) is 0.227. The summed E-state index contributed by atoms with van der Waals surface area (Å²) in [5.41, 5.74) is 2.79. The lowest BCUT2D eigenvalue weighted by Crippen LogP contribution is -2.28. The zero-order valence-corrected chi connectivity index (χ0v) is 16.1. The molecule has 1 aliphatic heterocycles. The van der Waals surface area contributed by atoms with E-state index in [0.29, 0.717) is 27.8 Å². The molecule has 2 aromatic carbocycles. The zero-order chi connectivity index (χ0) is 20.7. The van der Waals surface area contributed by atoms with Gasteiger partial charge in [-0.3, -0.25) is 9.59 Å². The van der Waals surface area contributed by atoms with Gasteiger partial charge in [-0.1, -0.05) is 6.07 Å². The second-order valence-corrected chi connectivity index (χ2v) is 7.50. The van der Waals surface area contributed by atoms with Crippen LogP contribution < -0.4 is 16.2 Å². The monoisotopic (exact) mass is 405 g/mol. The molecular formula is C22H20FN5O2. The molecule has 0 radical (unpaired) electrons. The van der Waals surface area contributed by atoms with Crippen LogP contribution in [-0.4, -0.2) is 33.6 Å². The van der Waals surface area contributed by atoms with Crippen molar-refractivity contribution in [3.05, 3.63) is 76.0 Å². The van der Waals surface area contributed by atoms with Crippen molar-refractivity contribution in [2.75, 3.05) is 18.4 Å². The van der Waals surface area contributed by atoms with Gasteiger partial charge in [-0.15, -0.1) is 0 Å². The maximum atomic E-state index is 13.2. The smallest absolute Gasteiger partial charge is 0.255 e. The molecule has 0 saturated carbocycles. The van der Waals surface area contributed by atoms with Crippen molar-refractivity contribution in [2.24, 2.45) is 0 Å². The average Bonchev–Trinajstić information content (AvgIpc) is 3.13. The maximum absolute atomic E-state index is 13.2. The molecular weight excluding hydrogens is 385 g/mol. The first-order valence-corrected chi connectivity index (χ1v) is 9.92. The number of nitrogens with one attached hydrogen (secondary N) is 3. The fourth-order valence-corrected chi connectivity index (χ4v) is 4.09. The first-order valence-electron chi connectivity index (χ1n) is 9.92. The van der Waals surface area contributed by atoms with Gasteiger partial charge in [-0.05, 0) is 62.3 Å². The summed E-state index contributed by atoms with van der Waals surface area (Å²) in [5.74, 6) is -0.527. The van der Waals surface area contributed by atoms with Crippen molar-refractivity contribution in [1.82, 2.24) is 19.9 Å². The van der Waals surface area contributed by atoms with E-state index in [0.717, 1.165) is 31.6 Å². The van der Waals surface area contributed by atoms with Crippen LogP contribution in [0.5, 0.6) is 0 Å². The van der Waals surface area contributed by atoms with Crippen LogP contribution in [0.2, 0.25) is 0 Å². The highest BCUT2D eigenvalue weighted by Crippen LogP contribution is 2.30. The molecule has 0 atom stereocenters. The highest BCUT2D eigenvalue weighted by atomic mass is 19.1. The number of benzene rings is 2. The quantitative estimate of drug-likeness (QED) is 0.489. The van der Waals surface area contributed by atoms with Gasteiger partial charge < -0.3 is 15.6 Å². The number of aromatic nitrogens is 3. The second-order valence-electron chi connectivity index (χ2n) is 7.50. The van der Waals surface area contributed by atoms with Crippen LogP contribution in [0.25, 0.3) is 16.6 Å². The molecule has 0 aliphatic carbocycles. The number of H-pyrrole nitrogens is 1. The number of hydrogen-bond acceptors (Lipinski definition) is 4. The number of aromatic amines is 1. The number of nitrogens with zero attached hydrogens (tertiary/aromatic N) is 2. The number of amides is 1. The Morgan fingerprint density at radius 2 is 1.90 bits per heavy atom. The lowest BCUT2D eigenvalue weighted by atomic mass is 9.94. The van der Waals surface area contributed by atoms with Crippen LogP contribution in [0.1, 0.15) is 34.8 Å². The molecule has 0 unspecified atom stereocenters. The van der Waals surface area contributed by atoms with Crippen molar-refractivity contribution >= 4 is 28.1 Å². The Kier molecular flexibility index (Phi) is 4.55. The minimum Gasteiger partial charge on any atom is -0.321 e. The molecule has 1 fully saturated rings. The number of carbonyl (C=O) groups excluding carboxylic acids is 1. The fourth-order valence-electron chi connectivity index (χ4n) is 4.09. The average molecular weight is 405 g/mol. The third-order valence-corrected chi connectivity index (χ3v) is 5.58. The highest BCUT2D eigenvalue weighted by molar-refractivity contribution is 6.11. The Hall–Kier alpha value is -3.52. The van der Waals surface area contributed by atoms with E-state index in [1.807, 2.05) is 6.07 Å². The SMILES string of the molecule is O=C(Nc1cccc2nn3c(C4CCNCC4)cc(=O)[nH]c3c12)c1ccc(F)cc1. The Balaban J connectivity index is 1.62. The van der Waals surface area contributed by atoms with Gasteiger partial charge >= 0.3 is 0 Å². The standard InChI is InChI=1S/C22H20FN5O2/c23-15-6-4-14(5-7-15)22(30)25-16-2-1-3-17-20(16)21-26-19(29)12-18(28(21)27-17)13-8-10-24-11-9-13/h1-7,12-13,24H,8-11H2,(H,25,30)(H,26,29). The number of piperidine rings is 1. The van der Waals surface area contributed by atoms with Crippen molar-refractivity contribution in [3.8, 4) is 0 Å². The molecule has 4 aromatic rings. The molecule has 3 heterocycles. The third-order valence-electron chi connectivity index (χ3n) is 5.58. The number of anilines is 1. The number of halogens is 1. The molecule has 1 saturated heterocycles. The summed E-state index contributed by atoms with van der Waals surface area (Å²) >= 11 is 0. The predicted octanol–water partition coefficient (Wildman–Crippen LogP) is 3.03. The van der Waals surface area contributed by atoms with Crippen molar-refractivity contribution < 1.29 is 9.18 Å². The summed E-state index contributed by atoms with van der Waals surface area (Å²) in [4.78, 5) is 28.0.